The molecule has 0 aromatic rings. The van der Waals surface area contributed by atoms with Crippen molar-refractivity contribution in [2.24, 2.45) is 0 Å². The number of carbonyl (C=O) groups excluding carboxylic acids is 3. The van der Waals surface area contributed by atoms with E-state index >= 15 is 0 Å². The summed E-state index contributed by atoms with van der Waals surface area (Å²) in [6, 6.07) is 0. The van der Waals surface area contributed by atoms with Gasteiger partial charge in [0.2, 0.25) is 0 Å². The van der Waals surface area contributed by atoms with Gasteiger partial charge in [-0.1, -0.05) is 261 Å². The summed E-state index contributed by atoms with van der Waals surface area (Å²) in [5.41, 5.74) is 0. The van der Waals surface area contributed by atoms with Gasteiger partial charge in [-0.25, -0.2) is 0 Å². The topological polar surface area (TPSA) is 78.9 Å². The Hall–Kier alpha value is -3.15. The van der Waals surface area contributed by atoms with Crippen LogP contribution in [0.4, 0.5) is 0 Å². The first kappa shape index (κ1) is 66.9. The Morgan fingerprint density at radius 2 is 0.557 bits per heavy atom. The molecule has 0 aromatic heterocycles. The van der Waals surface area contributed by atoms with E-state index in [0.717, 1.165) is 122 Å². The Balaban J connectivity index is 4.40. The lowest BCUT2D eigenvalue weighted by Gasteiger charge is -2.18. The number of esters is 3. The number of hydrogen-bond donors (Lipinski definition) is 0. The van der Waals surface area contributed by atoms with Gasteiger partial charge in [0.15, 0.2) is 6.10 Å². The maximum absolute atomic E-state index is 12.9. The molecule has 0 aliphatic carbocycles. The van der Waals surface area contributed by atoms with Crippen LogP contribution in [0.15, 0.2) is 72.9 Å². The third kappa shape index (κ3) is 55.8. The maximum Gasteiger partial charge on any atom is 0.306 e. The molecule has 1 unspecified atom stereocenters. The van der Waals surface area contributed by atoms with Crippen LogP contribution in [0.3, 0.4) is 0 Å². The van der Waals surface area contributed by atoms with E-state index in [-0.39, 0.29) is 31.1 Å². The fourth-order valence-corrected chi connectivity index (χ4v) is 8.47. The number of unbranched alkanes of at least 4 members (excludes halogenated alkanes) is 31. The zero-order valence-electron chi connectivity index (χ0n) is 46.3. The molecule has 0 aliphatic rings. The highest BCUT2D eigenvalue weighted by Gasteiger charge is 2.19. The van der Waals surface area contributed by atoms with Crippen molar-refractivity contribution in [2.75, 3.05) is 13.2 Å². The molecule has 6 nitrogen and oxygen atoms in total. The second kappa shape index (κ2) is 58.4. The SMILES string of the molecule is CC/C=C\C/C=C\C/C=C\C/C=C\C/C=C\CCCCCCCC(=O)OCC(COC(=O)CCCCCCCCCCCCCCCCC)OC(=O)CCCCCCC/C=C\CCCCCCCCC. The van der Waals surface area contributed by atoms with Gasteiger partial charge in [0.05, 0.1) is 0 Å². The molecule has 0 heterocycles. The van der Waals surface area contributed by atoms with E-state index in [1.165, 1.54) is 135 Å². The molecule has 70 heavy (non-hydrogen) atoms. The smallest absolute Gasteiger partial charge is 0.306 e. The van der Waals surface area contributed by atoms with Crippen molar-refractivity contribution in [3.05, 3.63) is 72.9 Å². The van der Waals surface area contributed by atoms with Crippen molar-refractivity contribution in [3.8, 4) is 0 Å². The first-order valence-corrected chi connectivity index (χ1v) is 29.9. The minimum absolute atomic E-state index is 0.0824. The summed E-state index contributed by atoms with van der Waals surface area (Å²) in [5.74, 6) is -0.898. The quantitative estimate of drug-likeness (QED) is 0.0261. The molecule has 0 saturated heterocycles. The third-order valence-electron chi connectivity index (χ3n) is 12.9. The summed E-state index contributed by atoms with van der Waals surface area (Å²) in [6.45, 7) is 6.53. The van der Waals surface area contributed by atoms with Gasteiger partial charge < -0.3 is 14.2 Å². The molecule has 0 bridgehead atoms. The van der Waals surface area contributed by atoms with Gasteiger partial charge in [-0.05, 0) is 89.9 Å². The second-order valence-electron chi connectivity index (χ2n) is 19.9. The molecular formula is C64H112O6. The summed E-state index contributed by atoms with van der Waals surface area (Å²) in [5, 5.41) is 0. The Bertz CT molecular complexity index is 1310. The molecule has 0 N–H and O–H groups in total. The molecule has 0 rings (SSSR count). The third-order valence-corrected chi connectivity index (χ3v) is 12.9. The van der Waals surface area contributed by atoms with E-state index in [0.29, 0.717) is 19.3 Å². The summed E-state index contributed by atoms with van der Waals surface area (Å²) >= 11 is 0. The molecule has 0 fully saturated rings. The zero-order valence-corrected chi connectivity index (χ0v) is 46.3. The predicted molar refractivity (Wildman–Crippen MR) is 302 cm³/mol. The minimum atomic E-state index is -0.787. The van der Waals surface area contributed by atoms with E-state index in [9.17, 15) is 14.4 Å². The average molecular weight is 978 g/mol. The van der Waals surface area contributed by atoms with Crippen molar-refractivity contribution in [2.45, 2.75) is 303 Å². The summed E-state index contributed by atoms with van der Waals surface area (Å²) in [4.78, 5) is 38.2. The van der Waals surface area contributed by atoms with Crippen LogP contribution in [0, 0.1) is 0 Å². The van der Waals surface area contributed by atoms with Crippen molar-refractivity contribution in [1.82, 2.24) is 0 Å². The Morgan fingerprint density at radius 3 is 0.886 bits per heavy atom. The first-order valence-electron chi connectivity index (χ1n) is 29.9. The lowest BCUT2D eigenvalue weighted by atomic mass is 10.0. The van der Waals surface area contributed by atoms with Crippen LogP contribution in [0.2, 0.25) is 0 Å². The van der Waals surface area contributed by atoms with Gasteiger partial charge in [-0.3, -0.25) is 14.4 Å². The highest BCUT2D eigenvalue weighted by atomic mass is 16.6. The standard InChI is InChI=1S/C64H112O6/c1-4-7-10-13-16-19-22-25-28-30-31-32-33-34-37-39-42-45-48-51-54-57-63(66)69-60-61(59-68-62(65)56-53-50-47-44-41-38-35-27-24-21-18-15-12-9-6-3)70-64(67)58-55-52-49-46-43-40-36-29-26-23-20-17-14-11-8-5-2/h7,10,16,19,25,28-29,31-32,34,36-37,61H,4-6,8-9,11-15,17-18,20-24,26-27,30,33,35,38-60H2,1-3H3/b10-7-,19-16-,28-25-,32-31-,36-29-,37-34-. The van der Waals surface area contributed by atoms with Crippen LogP contribution in [-0.2, 0) is 28.6 Å². The normalized spacial score (nSPS) is 12.6. The predicted octanol–water partition coefficient (Wildman–Crippen LogP) is 20.2. The fourth-order valence-electron chi connectivity index (χ4n) is 8.47. The van der Waals surface area contributed by atoms with Crippen molar-refractivity contribution < 1.29 is 28.6 Å². The van der Waals surface area contributed by atoms with E-state index in [2.05, 4.69) is 93.7 Å². The van der Waals surface area contributed by atoms with Crippen LogP contribution in [0.25, 0.3) is 0 Å². The fraction of sp³-hybridized carbons (Fsp3) is 0.766. The van der Waals surface area contributed by atoms with Gasteiger partial charge in [-0.15, -0.1) is 0 Å². The molecule has 0 saturated carbocycles. The van der Waals surface area contributed by atoms with Crippen molar-refractivity contribution in [1.29, 1.82) is 0 Å². The molecular weight excluding hydrogens is 865 g/mol. The highest BCUT2D eigenvalue weighted by Crippen LogP contribution is 2.16. The largest absolute Gasteiger partial charge is 0.462 e. The van der Waals surface area contributed by atoms with Gasteiger partial charge in [-0.2, -0.15) is 0 Å². The average Bonchev–Trinajstić information content (AvgIpc) is 3.36. The molecule has 0 radical (unpaired) electrons. The summed E-state index contributed by atoms with van der Waals surface area (Å²) in [6.07, 6.45) is 74.6. The summed E-state index contributed by atoms with van der Waals surface area (Å²) in [7, 11) is 0. The molecule has 0 spiro atoms. The van der Waals surface area contributed by atoms with Gasteiger partial charge in [0.1, 0.15) is 13.2 Å². The van der Waals surface area contributed by atoms with Crippen LogP contribution in [0.5, 0.6) is 0 Å². The zero-order chi connectivity index (χ0) is 50.7. The van der Waals surface area contributed by atoms with Gasteiger partial charge in [0, 0.05) is 19.3 Å². The number of hydrogen-bond acceptors (Lipinski definition) is 6. The Kier molecular flexibility index (Phi) is 55.8. The molecule has 0 aliphatic heterocycles. The van der Waals surface area contributed by atoms with E-state index in [4.69, 9.17) is 14.2 Å². The number of rotatable bonds is 54. The molecule has 404 valence electrons. The second-order valence-corrected chi connectivity index (χ2v) is 19.9. The van der Waals surface area contributed by atoms with Crippen LogP contribution in [-0.4, -0.2) is 37.2 Å². The van der Waals surface area contributed by atoms with Crippen molar-refractivity contribution in [3.63, 3.8) is 0 Å². The number of ether oxygens (including phenoxy) is 3. The van der Waals surface area contributed by atoms with Crippen LogP contribution in [0.1, 0.15) is 297 Å². The maximum atomic E-state index is 12.9. The molecule has 0 aromatic carbocycles. The van der Waals surface area contributed by atoms with Gasteiger partial charge >= 0.3 is 17.9 Å². The van der Waals surface area contributed by atoms with E-state index in [1.807, 2.05) is 0 Å². The summed E-state index contributed by atoms with van der Waals surface area (Å²) < 4.78 is 16.9. The Morgan fingerprint density at radius 1 is 0.300 bits per heavy atom. The monoisotopic (exact) mass is 977 g/mol. The Labute approximate surface area is 433 Å². The number of carbonyl (C=O) groups is 3. The van der Waals surface area contributed by atoms with Crippen LogP contribution >= 0.6 is 0 Å². The minimum Gasteiger partial charge on any atom is -0.462 e. The molecule has 6 heteroatoms. The van der Waals surface area contributed by atoms with Crippen molar-refractivity contribution >= 4 is 17.9 Å². The van der Waals surface area contributed by atoms with E-state index < -0.39 is 6.10 Å². The lowest BCUT2D eigenvalue weighted by molar-refractivity contribution is -0.167. The molecule has 1 atom stereocenters. The van der Waals surface area contributed by atoms with E-state index in [1.54, 1.807) is 0 Å². The lowest BCUT2D eigenvalue weighted by Crippen LogP contribution is -2.30. The number of allylic oxidation sites excluding steroid dienone is 12. The highest BCUT2D eigenvalue weighted by molar-refractivity contribution is 5.71. The first-order chi connectivity index (χ1) is 34.5. The van der Waals surface area contributed by atoms with Crippen LogP contribution < -0.4 is 0 Å². The molecule has 0 amide bonds. The van der Waals surface area contributed by atoms with Gasteiger partial charge in [0.25, 0.3) is 0 Å².